The Morgan fingerprint density at radius 1 is 1.29 bits per heavy atom. The molecule has 130 valence electrons. The summed E-state index contributed by atoms with van der Waals surface area (Å²) in [5.74, 6) is 0.665. The topological polar surface area (TPSA) is 49.4 Å². The van der Waals surface area contributed by atoms with Crippen molar-refractivity contribution >= 4 is 29.1 Å². The van der Waals surface area contributed by atoms with Crippen molar-refractivity contribution in [3.8, 4) is 0 Å². The number of anilines is 1. The second-order valence-electron chi connectivity index (χ2n) is 6.87. The maximum Gasteiger partial charge on any atom is 0.232 e. The Hall–Kier alpha value is -1.55. The van der Waals surface area contributed by atoms with Crippen LogP contribution in [-0.2, 0) is 9.59 Å². The molecule has 2 amide bonds. The van der Waals surface area contributed by atoms with Crippen LogP contribution in [0.3, 0.4) is 0 Å². The van der Waals surface area contributed by atoms with Gasteiger partial charge in [-0.15, -0.1) is 0 Å². The van der Waals surface area contributed by atoms with Crippen molar-refractivity contribution in [1.29, 1.82) is 0 Å². The number of benzene rings is 1. The van der Waals surface area contributed by atoms with E-state index in [2.05, 4.69) is 19.2 Å². The fourth-order valence-corrected chi connectivity index (χ4v) is 4.25. The van der Waals surface area contributed by atoms with Gasteiger partial charge in [-0.1, -0.05) is 31.5 Å². The van der Waals surface area contributed by atoms with Crippen LogP contribution in [0.2, 0.25) is 5.02 Å². The van der Waals surface area contributed by atoms with E-state index in [0.717, 1.165) is 50.0 Å². The summed E-state index contributed by atoms with van der Waals surface area (Å²) in [6.07, 6.45) is 3.56. The summed E-state index contributed by atoms with van der Waals surface area (Å²) in [7, 11) is 0. The number of fused-ring (bicyclic) bond motifs is 1. The molecule has 24 heavy (non-hydrogen) atoms. The molecule has 0 spiro atoms. The number of piperidine rings is 1. The fraction of sp³-hybridized carbons (Fsp3) is 0.579. The predicted molar refractivity (Wildman–Crippen MR) is 96.2 cm³/mol. The van der Waals surface area contributed by atoms with Gasteiger partial charge in [-0.2, -0.15) is 0 Å². The van der Waals surface area contributed by atoms with Gasteiger partial charge in [0, 0.05) is 29.7 Å². The van der Waals surface area contributed by atoms with Crippen LogP contribution in [0.25, 0.3) is 0 Å². The quantitative estimate of drug-likeness (QED) is 0.892. The number of nitrogens with zero attached hydrogens (tertiary/aromatic N) is 1. The third kappa shape index (κ3) is 3.16. The first-order valence-electron chi connectivity index (χ1n) is 8.94. The van der Waals surface area contributed by atoms with Crippen molar-refractivity contribution in [3.63, 3.8) is 0 Å². The van der Waals surface area contributed by atoms with Crippen LogP contribution < -0.4 is 5.32 Å². The lowest BCUT2D eigenvalue weighted by Crippen LogP contribution is -2.43. The summed E-state index contributed by atoms with van der Waals surface area (Å²) in [4.78, 5) is 26.9. The number of hydrogen-bond acceptors (Lipinski definition) is 2. The number of amides is 2. The molecule has 1 atom stereocenters. The Kier molecular flexibility index (Phi) is 5.14. The van der Waals surface area contributed by atoms with E-state index in [1.165, 1.54) is 0 Å². The van der Waals surface area contributed by atoms with E-state index in [0.29, 0.717) is 5.02 Å². The van der Waals surface area contributed by atoms with Gasteiger partial charge in [-0.3, -0.25) is 9.59 Å². The van der Waals surface area contributed by atoms with E-state index in [9.17, 15) is 9.59 Å². The van der Waals surface area contributed by atoms with Gasteiger partial charge in [0.1, 0.15) is 0 Å². The predicted octanol–water partition coefficient (Wildman–Crippen LogP) is 4.05. The molecule has 1 aromatic carbocycles. The number of hydrogen-bond donors (Lipinski definition) is 1. The average Bonchev–Trinajstić information content (AvgIpc) is 2.90. The molecule has 0 radical (unpaired) electrons. The molecule has 0 aromatic heterocycles. The molecule has 2 aliphatic rings. The lowest BCUT2D eigenvalue weighted by atomic mass is 9.80. The number of halogens is 1. The Balaban J connectivity index is 1.68. The minimum Gasteiger partial charge on any atom is -0.342 e. The van der Waals surface area contributed by atoms with E-state index in [4.69, 9.17) is 11.6 Å². The standard InChI is InChI=1S/C19H25ClN2O2/c1-3-12(4-2)19(24)22-9-7-13(8-10-22)17-15-6-5-14(20)11-16(15)21-18(17)23/h5-6,11-13,17H,3-4,7-10H2,1-2H3,(H,21,23). The van der Waals surface area contributed by atoms with E-state index in [1.54, 1.807) is 0 Å². The maximum absolute atomic E-state index is 12.5. The van der Waals surface area contributed by atoms with E-state index in [1.807, 2.05) is 23.1 Å². The molecule has 3 rings (SSSR count). The van der Waals surface area contributed by atoms with Gasteiger partial charge in [0.15, 0.2) is 0 Å². The van der Waals surface area contributed by atoms with Crippen LogP contribution in [0.1, 0.15) is 51.0 Å². The molecule has 2 aliphatic heterocycles. The molecule has 1 saturated heterocycles. The van der Waals surface area contributed by atoms with Crippen molar-refractivity contribution in [3.05, 3.63) is 28.8 Å². The molecule has 1 N–H and O–H groups in total. The number of carbonyl (C=O) groups is 2. The largest absolute Gasteiger partial charge is 0.342 e. The van der Waals surface area contributed by atoms with Crippen molar-refractivity contribution in [2.45, 2.75) is 45.4 Å². The summed E-state index contributed by atoms with van der Waals surface area (Å²) < 4.78 is 0. The van der Waals surface area contributed by atoms with Gasteiger partial charge in [-0.25, -0.2) is 0 Å². The molecule has 0 aliphatic carbocycles. The Labute approximate surface area is 148 Å². The van der Waals surface area contributed by atoms with Crippen LogP contribution in [0.5, 0.6) is 0 Å². The van der Waals surface area contributed by atoms with Crippen LogP contribution >= 0.6 is 11.6 Å². The molecule has 0 bridgehead atoms. The molecule has 1 aromatic rings. The summed E-state index contributed by atoms with van der Waals surface area (Å²) in [5, 5.41) is 3.59. The van der Waals surface area contributed by atoms with Gasteiger partial charge in [0.25, 0.3) is 0 Å². The molecule has 1 unspecified atom stereocenters. The van der Waals surface area contributed by atoms with Crippen molar-refractivity contribution in [2.75, 3.05) is 18.4 Å². The number of nitrogens with one attached hydrogen (secondary N) is 1. The molecule has 1 fully saturated rings. The molecule has 5 heteroatoms. The Morgan fingerprint density at radius 2 is 1.96 bits per heavy atom. The zero-order valence-electron chi connectivity index (χ0n) is 14.3. The normalized spacial score (nSPS) is 21.1. The van der Waals surface area contributed by atoms with E-state index in [-0.39, 0.29) is 29.6 Å². The third-order valence-electron chi connectivity index (χ3n) is 5.55. The van der Waals surface area contributed by atoms with Gasteiger partial charge >= 0.3 is 0 Å². The highest BCUT2D eigenvalue weighted by atomic mass is 35.5. The van der Waals surface area contributed by atoms with Crippen LogP contribution in [0.15, 0.2) is 18.2 Å². The van der Waals surface area contributed by atoms with Gasteiger partial charge in [-0.05, 0) is 49.3 Å². The lowest BCUT2D eigenvalue weighted by molar-refractivity contribution is -0.137. The van der Waals surface area contributed by atoms with E-state index < -0.39 is 0 Å². The zero-order chi connectivity index (χ0) is 17.3. The van der Waals surface area contributed by atoms with Crippen molar-refractivity contribution in [1.82, 2.24) is 4.90 Å². The zero-order valence-corrected chi connectivity index (χ0v) is 15.1. The van der Waals surface area contributed by atoms with Gasteiger partial charge < -0.3 is 10.2 Å². The fourth-order valence-electron chi connectivity index (χ4n) is 4.08. The Bertz CT molecular complexity index is 634. The third-order valence-corrected chi connectivity index (χ3v) is 5.78. The average molecular weight is 349 g/mol. The first kappa shape index (κ1) is 17.3. The number of likely N-dealkylation sites (tertiary alicyclic amines) is 1. The molecule has 0 saturated carbocycles. The van der Waals surface area contributed by atoms with Gasteiger partial charge in [0.05, 0.1) is 5.92 Å². The van der Waals surface area contributed by atoms with Crippen LogP contribution in [-0.4, -0.2) is 29.8 Å². The monoisotopic (exact) mass is 348 g/mol. The maximum atomic E-state index is 12.5. The first-order valence-corrected chi connectivity index (χ1v) is 9.32. The number of rotatable bonds is 4. The molecular formula is C19H25ClN2O2. The van der Waals surface area contributed by atoms with Crippen molar-refractivity contribution < 1.29 is 9.59 Å². The highest BCUT2D eigenvalue weighted by Crippen LogP contribution is 2.42. The van der Waals surface area contributed by atoms with Crippen LogP contribution in [0.4, 0.5) is 5.69 Å². The summed E-state index contributed by atoms with van der Waals surface area (Å²) in [6, 6.07) is 5.63. The second-order valence-corrected chi connectivity index (χ2v) is 7.31. The smallest absolute Gasteiger partial charge is 0.232 e. The number of carbonyl (C=O) groups excluding carboxylic acids is 2. The highest BCUT2D eigenvalue weighted by Gasteiger charge is 2.39. The summed E-state index contributed by atoms with van der Waals surface area (Å²) >= 11 is 6.02. The van der Waals surface area contributed by atoms with Crippen molar-refractivity contribution in [2.24, 2.45) is 11.8 Å². The summed E-state index contributed by atoms with van der Waals surface area (Å²) in [5.41, 5.74) is 1.89. The SMILES string of the molecule is CCC(CC)C(=O)N1CCC(C2C(=O)Nc3cc(Cl)ccc32)CC1. The first-order chi connectivity index (χ1) is 11.5. The molecular weight excluding hydrogens is 324 g/mol. The second kappa shape index (κ2) is 7.14. The molecule has 4 nitrogen and oxygen atoms in total. The van der Waals surface area contributed by atoms with E-state index >= 15 is 0 Å². The highest BCUT2D eigenvalue weighted by molar-refractivity contribution is 6.31. The lowest BCUT2D eigenvalue weighted by Gasteiger charge is -2.35. The molecule has 2 heterocycles. The minimum atomic E-state index is -0.109. The minimum absolute atomic E-state index is 0.0667. The van der Waals surface area contributed by atoms with Crippen LogP contribution in [0, 0.1) is 11.8 Å². The summed E-state index contributed by atoms with van der Waals surface area (Å²) in [6.45, 7) is 5.66. The van der Waals surface area contributed by atoms with Gasteiger partial charge in [0.2, 0.25) is 11.8 Å². The Morgan fingerprint density at radius 3 is 2.58 bits per heavy atom.